The lowest BCUT2D eigenvalue weighted by molar-refractivity contribution is -0.121. The first-order valence-electron chi connectivity index (χ1n) is 6.81. The van der Waals surface area contributed by atoms with Gasteiger partial charge in [-0.15, -0.1) is 0 Å². The van der Waals surface area contributed by atoms with Crippen LogP contribution < -0.4 is 5.32 Å². The van der Waals surface area contributed by atoms with Crippen molar-refractivity contribution in [3.8, 4) is 0 Å². The Morgan fingerprint density at radius 1 is 1.19 bits per heavy atom. The lowest BCUT2D eigenvalue weighted by Crippen LogP contribution is -2.49. The first kappa shape index (κ1) is 15.0. The summed E-state index contributed by atoms with van der Waals surface area (Å²) in [7, 11) is 0. The molecule has 2 aromatic rings. The third kappa shape index (κ3) is 2.88. The van der Waals surface area contributed by atoms with E-state index in [1.54, 1.807) is 6.08 Å². The topological polar surface area (TPSA) is 49.3 Å². The quantitative estimate of drug-likeness (QED) is 0.885. The van der Waals surface area contributed by atoms with Crippen molar-refractivity contribution in [2.75, 3.05) is 6.61 Å². The molecule has 0 saturated carbocycles. The van der Waals surface area contributed by atoms with Gasteiger partial charge in [-0.1, -0.05) is 67.3 Å². The van der Waals surface area contributed by atoms with Gasteiger partial charge in [-0.2, -0.15) is 0 Å². The summed E-state index contributed by atoms with van der Waals surface area (Å²) >= 11 is 0. The molecule has 0 spiro atoms. The van der Waals surface area contributed by atoms with E-state index in [9.17, 15) is 9.90 Å². The number of aliphatic hydroxyl groups excluding tert-OH is 1. The average Bonchev–Trinajstić information content (AvgIpc) is 2.53. The fourth-order valence-corrected chi connectivity index (χ4v) is 2.60. The van der Waals surface area contributed by atoms with Gasteiger partial charge in [0.25, 0.3) is 0 Å². The van der Waals surface area contributed by atoms with Gasteiger partial charge in [0.1, 0.15) is 5.54 Å². The van der Waals surface area contributed by atoms with Crippen molar-refractivity contribution in [2.45, 2.75) is 12.5 Å². The van der Waals surface area contributed by atoms with Gasteiger partial charge in [-0.05, 0) is 16.7 Å². The van der Waals surface area contributed by atoms with E-state index >= 15 is 0 Å². The van der Waals surface area contributed by atoms with E-state index in [0.29, 0.717) is 0 Å². The Kier molecular flexibility index (Phi) is 4.55. The fraction of sp³-hybridized carbons (Fsp3) is 0.167. The molecule has 3 heteroatoms. The van der Waals surface area contributed by atoms with E-state index < -0.39 is 5.54 Å². The van der Waals surface area contributed by atoms with Crippen LogP contribution >= 0.6 is 0 Å². The highest BCUT2D eigenvalue weighted by Gasteiger charge is 2.35. The summed E-state index contributed by atoms with van der Waals surface area (Å²) in [6.45, 7) is 5.03. The predicted octanol–water partition coefficient (Wildman–Crippen LogP) is 2.70. The summed E-state index contributed by atoms with van der Waals surface area (Å²) in [5.41, 5.74) is 1.56. The van der Waals surface area contributed by atoms with Crippen LogP contribution in [0.25, 0.3) is 6.08 Å². The predicted molar refractivity (Wildman–Crippen MR) is 84.7 cm³/mol. The number of nitrogens with one attached hydrogen (secondary N) is 1. The molecule has 0 aliphatic rings. The molecule has 1 atom stereocenters. The summed E-state index contributed by atoms with van der Waals surface area (Å²) in [6, 6.07) is 17.1. The lowest BCUT2D eigenvalue weighted by atomic mass is 9.80. The minimum absolute atomic E-state index is 0.202. The molecular formula is C18H19NO2. The van der Waals surface area contributed by atoms with Crippen LogP contribution in [0.15, 0.2) is 61.2 Å². The van der Waals surface area contributed by atoms with Gasteiger partial charge < -0.3 is 10.4 Å². The van der Waals surface area contributed by atoms with Crippen molar-refractivity contribution in [1.29, 1.82) is 0 Å². The number of hydrogen-bond donors (Lipinski definition) is 2. The summed E-state index contributed by atoms with van der Waals surface area (Å²) < 4.78 is 0. The number of carbonyl (C=O) groups excluding carboxylic acids is 1. The van der Waals surface area contributed by atoms with Crippen LogP contribution in [0, 0.1) is 0 Å². The monoisotopic (exact) mass is 281 g/mol. The summed E-state index contributed by atoms with van der Waals surface area (Å²) in [6.07, 6.45) is 1.73. The molecule has 2 rings (SSSR count). The second kappa shape index (κ2) is 6.37. The van der Waals surface area contributed by atoms with Crippen molar-refractivity contribution < 1.29 is 9.90 Å². The van der Waals surface area contributed by atoms with Gasteiger partial charge >= 0.3 is 0 Å². The lowest BCUT2D eigenvalue weighted by Gasteiger charge is -2.35. The van der Waals surface area contributed by atoms with Gasteiger partial charge in [-0.25, -0.2) is 0 Å². The van der Waals surface area contributed by atoms with Crippen molar-refractivity contribution in [3.05, 3.63) is 77.9 Å². The van der Waals surface area contributed by atoms with Gasteiger partial charge in [0.15, 0.2) is 0 Å². The van der Waals surface area contributed by atoms with E-state index in [2.05, 4.69) is 11.9 Å². The molecular weight excluding hydrogens is 262 g/mol. The molecule has 108 valence electrons. The number of rotatable bonds is 5. The molecule has 0 aliphatic carbocycles. The third-order valence-electron chi connectivity index (χ3n) is 3.53. The SMILES string of the molecule is C=Cc1ccccc1C(CO)(NC(C)=O)c1ccccc1. The molecule has 21 heavy (non-hydrogen) atoms. The van der Waals surface area contributed by atoms with E-state index in [1.807, 2.05) is 54.6 Å². The highest BCUT2D eigenvalue weighted by Crippen LogP contribution is 2.32. The molecule has 1 amide bonds. The highest BCUT2D eigenvalue weighted by molar-refractivity contribution is 5.76. The molecule has 0 saturated heterocycles. The number of benzene rings is 2. The van der Waals surface area contributed by atoms with Gasteiger partial charge in [0, 0.05) is 6.92 Å². The molecule has 0 aliphatic heterocycles. The fourth-order valence-electron chi connectivity index (χ4n) is 2.60. The minimum Gasteiger partial charge on any atom is -0.393 e. The Morgan fingerprint density at radius 3 is 2.38 bits per heavy atom. The highest BCUT2D eigenvalue weighted by atomic mass is 16.3. The van der Waals surface area contributed by atoms with Crippen LogP contribution in [-0.4, -0.2) is 17.6 Å². The Bertz CT molecular complexity index is 637. The van der Waals surface area contributed by atoms with E-state index in [0.717, 1.165) is 16.7 Å². The van der Waals surface area contributed by atoms with E-state index in [4.69, 9.17) is 0 Å². The second-order valence-corrected chi connectivity index (χ2v) is 4.90. The second-order valence-electron chi connectivity index (χ2n) is 4.90. The number of aliphatic hydroxyl groups is 1. The van der Waals surface area contributed by atoms with Crippen molar-refractivity contribution in [3.63, 3.8) is 0 Å². The largest absolute Gasteiger partial charge is 0.393 e. The average molecular weight is 281 g/mol. The molecule has 0 radical (unpaired) electrons. The Labute approximate surface area is 124 Å². The van der Waals surface area contributed by atoms with E-state index in [1.165, 1.54) is 6.92 Å². The van der Waals surface area contributed by atoms with Crippen molar-refractivity contribution >= 4 is 12.0 Å². The molecule has 2 aromatic carbocycles. The van der Waals surface area contributed by atoms with E-state index in [-0.39, 0.29) is 12.5 Å². The molecule has 0 fully saturated rings. The maximum absolute atomic E-state index is 11.7. The molecule has 0 heterocycles. The Morgan fingerprint density at radius 2 is 1.81 bits per heavy atom. The Balaban J connectivity index is 2.70. The summed E-state index contributed by atoms with van der Waals surface area (Å²) in [5.74, 6) is -0.202. The first-order chi connectivity index (χ1) is 10.1. The number of amides is 1. The zero-order chi connectivity index (χ0) is 15.3. The van der Waals surface area contributed by atoms with Crippen LogP contribution in [0.5, 0.6) is 0 Å². The minimum atomic E-state index is -0.974. The van der Waals surface area contributed by atoms with Crippen molar-refractivity contribution in [2.24, 2.45) is 0 Å². The Hall–Kier alpha value is -2.39. The standard InChI is InChI=1S/C18H19NO2/c1-3-15-9-7-8-12-17(15)18(13-20,19-14(2)21)16-10-5-4-6-11-16/h3-12,20H,1,13H2,2H3,(H,19,21). The zero-order valence-electron chi connectivity index (χ0n) is 12.0. The number of carbonyl (C=O) groups is 1. The summed E-state index contributed by atoms with van der Waals surface area (Å²) in [5, 5.41) is 13.0. The maximum atomic E-state index is 11.7. The van der Waals surface area contributed by atoms with Crippen LogP contribution in [0.3, 0.4) is 0 Å². The molecule has 0 bridgehead atoms. The number of hydrogen-bond acceptors (Lipinski definition) is 2. The molecule has 1 unspecified atom stereocenters. The smallest absolute Gasteiger partial charge is 0.217 e. The third-order valence-corrected chi connectivity index (χ3v) is 3.53. The zero-order valence-corrected chi connectivity index (χ0v) is 12.0. The normalized spacial score (nSPS) is 13.2. The molecule has 2 N–H and O–H groups in total. The van der Waals surface area contributed by atoms with Crippen molar-refractivity contribution in [1.82, 2.24) is 5.32 Å². The van der Waals surface area contributed by atoms with Crippen LogP contribution in [0.2, 0.25) is 0 Å². The van der Waals surface area contributed by atoms with Gasteiger partial charge in [0.05, 0.1) is 6.61 Å². The van der Waals surface area contributed by atoms with Crippen LogP contribution in [0.4, 0.5) is 0 Å². The van der Waals surface area contributed by atoms with Gasteiger partial charge in [-0.3, -0.25) is 4.79 Å². The molecule has 3 nitrogen and oxygen atoms in total. The summed E-state index contributed by atoms with van der Waals surface area (Å²) in [4.78, 5) is 11.7. The molecule has 0 aromatic heterocycles. The van der Waals surface area contributed by atoms with Crippen LogP contribution in [0.1, 0.15) is 23.6 Å². The maximum Gasteiger partial charge on any atom is 0.217 e. The van der Waals surface area contributed by atoms with Gasteiger partial charge in [0.2, 0.25) is 5.91 Å². The first-order valence-corrected chi connectivity index (χ1v) is 6.81. The van der Waals surface area contributed by atoms with Crippen LogP contribution in [-0.2, 0) is 10.3 Å².